The summed E-state index contributed by atoms with van der Waals surface area (Å²) in [6.07, 6.45) is 37.2. The third-order valence-electron chi connectivity index (χ3n) is 22.5. The molecule has 0 unspecified atom stereocenters. The van der Waals surface area contributed by atoms with Crippen molar-refractivity contribution < 1.29 is 34.2 Å². The third kappa shape index (κ3) is 14.6. The second-order valence-electron chi connectivity index (χ2n) is 30.6. The van der Waals surface area contributed by atoms with Crippen LogP contribution in [0.1, 0.15) is 261 Å². The SMILES string of the molecule is CCCCn1/c(=c2\sc(=CC3CCC(C#Cc4c5nc(c(C6CCCCC6)c6ccc([n-]6)c(N(C6CCC(C(C)(C)C)CC6)C6CCC(C(C)(C)C)CC6)c6nc(c(C7CCCCC7)c7ccc4[n-]7)C=C6)C=C5)CC3)c(=O)n2CC(=O)O)sc(=O)/c1=C1\SC(=S)C(=O)N1CC.[Zn+2]. The summed E-state index contributed by atoms with van der Waals surface area (Å²) in [7, 11) is 0. The molecule has 5 aromatic heterocycles. The van der Waals surface area contributed by atoms with Crippen molar-refractivity contribution in [2.75, 3.05) is 11.4 Å². The maximum atomic E-state index is 14.4. The molecular weight excluding hydrogens is 1320 g/mol. The first-order chi connectivity index (χ1) is 45.7. The zero-order valence-electron chi connectivity index (χ0n) is 57.9. The zero-order chi connectivity index (χ0) is 66.4. The zero-order valence-corrected chi connectivity index (χ0v) is 64.1. The van der Waals surface area contributed by atoms with Crippen LogP contribution in [-0.4, -0.2) is 63.8 Å². The monoisotopic (exact) mass is 1420 g/mol. The molecule has 8 heterocycles. The Balaban J connectivity index is 0.00000881. The summed E-state index contributed by atoms with van der Waals surface area (Å²) < 4.78 is 4.50. The van der Waals surface area contributed by atoms with Crippen LogP contribution in [0.3, 0.4) is 0 Å². The number of thiocarbonyl (C=S) groups is 1. The third-order valence-corrected chi connectivity index (χ3v) is 26.2. The number of carbonyl (C=O) groups excluding carboxylic acids is 1. The molecule has 8 bridgehead atoms. The maximum Gasteiger partial charge on any atom is 2.00 e. The predicted octanol–water partition coefficient (Wildman–Crippen LogP) is 16.3. The number of aromatic nitrogens is 6. The van der Waals surface area contributed by atoms with E-state index in [1.165, 1.54) is 128 Å². The van der Waals surface area contributed by atoms with E-state index in [9.17, 15) is 24.3 Å². The van der Waals surface area contributed by atoms with Gasteiger partial charge in [-0.15, -0.1) is 33.4 Å². The van der Waals surface area contributed by atoms with Crippen molar-refractivity contribution in [3.63, 3.8) is 0 Å². The predicted molar refractivity (Wildman–Crippen MR) is 396 cm³/mol. The molecule has 3 aliphatic heterocycles. The number of thiazole rings is 2. The average Bonchev–Trinajstić information content (AvgIpc) is 1.57. The standard InChI is InChI=1S/C78H98N8O5S4.Zn/c1-9-11-44-84-69(72-83(10-2)71(90)76(92)95-72)75(91)94-73(84)74-85(46-65(87)88)70(89)64(93-74)45-48-24-22-47(23-25-48)26-35-55-56-36-38-58(79-56)66(49-18-14-12-15-19-49)60-40-42-62(81-60)68(63-43-41-61(82-63)67(50-20-16-13-17-21-50)59-39-37-57(55)80-59)86(53-31-27-51(28-32-53)77(3,4)5)54-33-29-52(30-34-54)78(6,7)8;/h36-43,45,47-54H,9-25,27-34,44,46H2,1-8H3,(H3,79,80,81,82,87,88,90,92);/q;+2/p-2/b56-55?,57-55?,64-45?,66-58?,66-60?,67-59?,67-61?,68-62?,68-63?,72-69+,74-73+;. The largest absolute Gasteiger partial charge is 2.00 e. The Morgan fingerprint density at radius 3 is 1.74 bits per heavy atom. The molecule has 5 saturated carbocycles. The van der Waals surface area contributed by atoms with Crippen LogP contribution in [0.5, 0.6) is 0 Å². The molecule has 1 amide bonds. The molecule has 0 atom stereocenters. The number of fused-ring (bicyclic) bond motifs is 8. The van der Waals surface area contributed by atoms with E-state index in [1.54, 1.807) is 0 Å². The van der Waals surface area contributed by atoms with Gasteiger partial charge in [-0.05, 0) is 192 Å². The fourth-order valence-electron chi connectivity index (χ4n) is 17.2. The Morgan fingerprint density at radius 2 is 1.19 bits per heavy atom. The van der Waals surface area contributed by atoms with Gasteiger partial charge in [0.1, 0.15) is 30.4 Å². The van der Waals surface area contributed by atoms with E-state index in [1.807, 2.05) is 17.6 Å². The van der Waals surface area contributed by atoms with E-state index >= 15 is 0 Å². The first-order valence-electron chi connectivity index (χ1n) is 36.0. The van der Waals surface area contributed by atoms with Crippen LogP contribution in [-0.2, 0) is 42.2 Å². The van der Waals surface area contributed by atoms with E-state index in [4.69, 9.17) is 32.2 Å². The Bertz CT molecular complexity index is 4400. The van der Waals surface area contributed by atoms with Gasteiger partial charge < -0.3 is 24.5 Å². The molecule has 8 aliphatic rings. The number of carboxylic acid groups (broad SMARTS) is 1. The van der Waals surface area contributed by atoms with Gasteiger partial charge in [-0.2, -0.15) is 0 Å². The fraction of sp³-hybridized carbons (Fsp3) is 0.577. The summed E-state index contributed by atoms with van der Waals surface area (Å²) in [6, 6.07) is 9.86. The fourth-order valence-corrected chi connectivity index (χ4v) is 20.9. The van der Waals surface area contributed by atoms with E-state index < -0.39 is 12.5 Å². The van der Waals surface area contributed by atoms with Crippen molar-refractivity contribution in [1.82, 2.24) is 34.0 Å². The summed E-state index contributed by atoms with van der Waals surface area (Å²) in [5, 5.41) is 11.0. The summed E-state index contributed by atoms with van der Waals surface area (Å²) in [6.45, 7) is 18.8. The number of nitrogens with zero attached hydrogens (tertiary/aromatic N) is 8. The van der Waals surface area contributed by atoms with E-state index in [2.05, 4.69) is 114 Å². The Kier molecular flexibility index (Phi) is 21.9. The molecule has 96 heavy (non-hydrogen) atoms. The van der Waals surface area contributed by atoms with Crippen molar-refractivity contribution >= 4 is 126 Å². The van der Waals surface area contributed by atoms with Crippen LogP contribution in [0, 0.1) is 55.7 Å². The first-order valence-corrected chi connectivity index (χ1v) is 38.9. The van der Waals surface area contributed by atoms with Crippen LogP contribution in [0.15, 0.2) is 33.9 Å². The minimum Gasteiger partial charge on any atom is -0.656 e. The normalized spacial score (nSPS) is 24.1. The molecule has 1 saturated heterocycles. The van der Waals surface area contributed by atoms with Gasteiger partial charge in [0.15, 0.2) is 0 Å². The number of carboxylic acids is 1. The number of amides is 1. The first kappa shape index (κ1) is 70.4. The molecule has 1 N–H and O–H groups in total. The number of rotatable bonds is 12. The van der Waals surface area contributed by atoms with E-state index in [0.717, 1.165) is 138 Å². The minimum absolute atomic E-state index is 0. The number of unbranched alkanes of at least 4 members (excludes halogenated alkanes) is 1. The van der Waals surface area contributed by atoms with Gasteiger partial charge in [0.25, 0.3) is 16.2 Å². The van der Waals surface area contributed by atoms with Crippen LogP contribution < -0.4 is 35.1 Å². The average molecular weight is 1420 g/mol. The molecule has 13 rings (SSSR count). The van der Waals surface area contributed by atoms with Gasteiger partial charge in [0, 0.05) is 42.3 Å². The van der Waals surface area contributed by atoms with Crippen LogP contribution in [0.2, 0.25) is 0 Å². The minimum atomic E-state index is -1.15. The molecule has 13 nitrogen and oxygen atoms in total. The molecular formula is C78H96N8O5S4Zn. The van der Waals surface area contributed by atoms with Crippen molar-refractivity contribution in [3.8, 4) is 11.8 Å². The maximum absolute atomic E-state index is 14.4. The van der Waals surface area contributed by atoms with Gasteiger partial charge in [0.2, 0.25) is 0 Å². The van der Waals surface area contributed by atoms with Crippen LogP contribution >= 0.6 is 46.7 Å². The van der Waals surface area contributed by atoms with Crippen molar-refractivity contribution in [3.05, 3.63) is 103 Å². The summed E-state index contributed by atoms with van der Waals surface area (Å²) in [5.41, 5.74) is 12.5. The molecule has 0 aromatic carbocycles. The number of carbonyl (C=O) groups is 2. The van der Waals surface area contributed by atoms with Crippen LogP contribution in [0.25, 0.3) is 57.5 Å². The van der Waals surface area contributed by atoms with E-state index in [-0.39, 0.29) is 62.5 Å². The number of hydrogen-bond acceptors (Lipinski definition) is 11. The van der Waals surface area contributed by atoms with Gasteiger partial charge in [-0.25, -0.2) is 9.97 Å². The van der Waals surface area contributed by atoms with Crippen molar-refractivity contribution in [1.29, 1.82) is 0 Å². The van der Waals surface area contributed by atoms with Crippen LogP contribution in [0.4, 0.5) is 5.69 Å². The second-order valence-corrected chi connectivity index (χ2v) is 34.3. The van der Waals surface area contributed by atoms with Crippen molar-refractivity contribution in [2.24, 2.45) is 34.5 Å². The summed E-state index contributed by atoms with van der Waals surface area (Å²) >= 11 is 8.77. The molecule has 0 radical (unpaired) electrons. The Labute approximate surface area is 596 Å². The smallest absolute Gasteiger partial charge is 0.656 e. The molecule has 18 heteroatoms. The number of anilines is 1. The molecule has 5 aromatic rings. The molecule has 0 spiro atoms. The summed E-state index contributed by atoms with van der Waals surface area (Å²) in [4.78, 5) is 81.6. The second kappa shape index (κ2) is 29.8. The topological polar surface area (TPSA) is 159 Å². The van der Waals surface area contributed by atoms with E-state index in [0.29, 0.717) is 73.1 Å². The molecule has 5 aliphatic carbocycles. The number of aliphatic carboxylic acids is 1. The van der Waals surface area contributed by atoms with Crippen molar-refractivity contribution in [2.45, 2.75) is 246 Å². The Morgan fingerprint density at radius 1 is 0.667 bits per heavy atom. The molecule has 6 fully saturated rings. The van der Waals surface area contributed by atoms with Gasteiger partial charge in [-0.3, -0.25) is 28.6 Å². The summed E-state index contributed by atoms with van der Waals surface area (Å²) in [5.74, 6) is 8.29. The quantitative estimate of drug-likeness (QED) is 0.0702. The molecule has 504 valence electrons. The van der Waals surface area contributed by atoms with Gasteiger partial charge in [0.05, 0.1) is 27.3 Å². The van der Waals surface area contributed by atoms with Gasteiger partial charge in [-0.1, -0.05) is 171 Å². The number of hydrogen-bond donors (Lipinski definition) is 1. The Hall–Kier alpha value is -5.44. The number of thioether (sulfide) groups is 1. The van der Waals surface area contributed by atoms with Gasteiger partial charge >= 0.3 is 25.4 Å².